The van der Waals surface area contributed by atoms with Crippen molar-refractivity contribution in [2.45, 2.75) is 13.3 Å². The van der Waals surface area contributed by atoms with Gasteiger partial charge in [0.15, 0.2) is 11.5 Å². The van der Waals surface area contributed by atoms with Crippen LogP contribution in [0.5, 0.6) is 11.5 Å². The molecule has 3 rings (SSSR count). The molecule has 0 bridgehead atoms. The van der Waals surface area contributed by atoms with E-state index < -0.39 is 11.4 Å². The van der Waals surface area contributed by atoms with Gasteiger partial charge in [-0.2, -0.15) is 0 Å². The van der Waals surface area contributed by atoms with Crippen LogP contribution >= 0.6 is 15.9 Å². The molecule has 1 amide bonds. The van der Waals surface area contributed by atoms with Crippen LogP contribution in [0.1, 0.15) is 23.7 Å². The maximum absolute atomic E-state index is 12.6. The summed E-state index contributed by atoms with van der Waals surface area (Å²) in [5, 5.41) is 9.26. The molecule has 1 saturated heterocycles. The van der Waals surface area contributed by atoms with E-state index in [-0.39, 0.29) is 12.5 Å². The topological polar surface area (TPSA) is 76.1 Å². The second-order valence-electron chi connectivity index (χ2n) is 5.82. The number of carbonyl (C=O) groups is 2. The molecule has 1 N–H and O–H groups in total. The van der Waals surface area contributed by atoms with Gasteiger partial charge in [-0.3, -0.25) is 9.59 Å². The standard InChI is InChI=1S/C15H16BrNO5/c1-15(14(19)20)2-3-17(8-15)13(18)9-6-10(16)12-11(7-9)21-4-5-22-12/h6-7H,2-5,8H2,1H3,(H,19,20). The quantitative estimate of drug-likeness (QED) is 0.864. The summed E-state index contributed by atoms with van der Waals surface area (Å²) in [6, 6.07) is 3.34. The van der Waals surface area contributed by atoms with E-state index >= 15 is 0 Å². The number of nitrogens with zero attached hydrogens (tertiary/aromatic N) is 1. The molecule has 1 aromatic carbocycles. The fourth-order valence-electron chi connectivity index (χ4n) is 2.73. The van der Waals surface area contributed by atoms with Gasteiger partial charge < -0.3 is 19.5 Å². The molecule has 2 heterocycles. The van der Waals surface area contributed by atoms with Crippen molar-refractivity contribution in [1.29, 1.82) is 0 Å². The fourth-order valence-corrected chi connectivity index (χ4v) is 3.28. The van der Waals surface area contributed by atoms with Crippen LogP contribution in [0, 0.1) is 5.41 Å². The zero-order chi connectivity index (χ0) is 15.9. The molecule has 0 spiro atoms. The SMILES string of the molecule is CC1(C(=O)O)CCN(C(=O)c2cc(Br)c3c(c2)OCCO3)C1. The van der Waals surface area contributed by atoms with Gasteiger partial charge in [0.2, 0.25) is 0 Å². The van der Waals surface area contributed by atoms with E-state index in [0.717, 1.165) is 0 Å². The van der Waals surface area contributed by atoms with Gasteiger partial charge in [0.05, 0.1) is 9.89 Å². The maximum Gasteiger partial charge on any atom is 0.311 e. The van der Waals surface area contributed by atoms with E-state index in [1.165, 1.54) is 0 Å². The Morgan fingerprint density at radius 2 is 2.05 bits per heavy atom. The van der Waals surface area contributed by atoms with Gasteiger partial charge in [-0.1, -0.05) is 0 Å². The van der Waals surface area contributed by atoms with Gasteiger partial charge in [-0.05, 0) is 41.4 Å². The summed E-state index contributed by atoms with van der Waals surface area (Å²) < 4.78 is 11.7. The van der Waals surface area contributed by atoms with Gasteiger partial charge in [-0.25, -0.2) is 0 Å². The van der Waals surface area contributed by atoms with Gasteiger partial charge >= 0.3 is 5.97 Å². The van der Waals surface area contributed by atoms with Crippen molar-refractivity contribution in [3.63, 3.8) is 0 Å². The van der Waals surface area contributed by atoms with Crippen molar-refractivity contribution in [3.05, 3.63) is 22.2 Å². The molecule has 118 valence electrons. The van der Waals surface area contributed by atoms with Gasteiger partial charge in [-0.15, -0.1) is 0 Å². The molecule has 0 aliphatic carbocycles. The summed E-state index contributed by atoms with van der Waals surface area (Å²) in [6.07, 6.45) is 0.458. The minimum Gasteiger partial charge on any atom is -0.486 e. The largest absolute Gasteiger partial charge is 0.486 e. The highest BCUT2D eigenvalue weighted by atomic mass is 79.9. The molecule has 6 nitrogen and oxygen atoms in total. The van der Waals surface area contributed by atoms with Crippen LogP contribution in [-0.4, -0.2) is 48.2 Å². The van der Waals surface area contributed by atoms with E-state index in [9.17, 15) is 14.7 Å². The van der Waals surface area contributed by atoms with E-state index in [1.807, 2.05) is 0 Å². The number of halogens is 1. The minimum atomic E-state index is -0.874. The summed E-state index contributed by atoms with van der Waals surface area (Å²) in [7, 11) is 0. The van der Waals surface area contributed by atoms with E-state index in [2.05, 4.69) is 15.9 Å². The zero-order valence-corrected chi connectivity index (χ0v) is 13.7. The minimum absolute atomic E-state index is 0.192. The summed E-state index contributed by atoms with van der Waals surface area (Å²) >= 11 is 3.39. The number of benzene rings is 1. The number of likely N-dealkylation sites (tertiary alicyclic amines) is 1. The number of carboxylic acid groups (broad SMARTS) is 1. The van der Waals surface area contributed by atoms with Crippen LogP contribution in [0.3, 0.4) is 0 Å². The lowest BCUT2D eigenvalue weighted by molar-refractivity contribution is -0.147. The van der Waals surface area contributed by atoms with Crippen LogP contribution < -0.4 is 9.47 Å². The Morgan fingerprint density at radius 1 is 1.32 bits per heavy atom. The molecule has 1 unspecified atom stereocenters. The van der Waals surface area contributed by atoms with Crippen molar-refractivity contribution in [1.82, 2.24) is 4.90 Å². The summed E-state index contributed by atoms with van der Waals surface area (Å²) in [6.45, 7) is 3.24. The Kier molecular flexibility index (Phi) is 3.76. The zero-order valence-electron chi connectivity index (χ0n) is 12.1. The van der Waals surface area contributed by atoms with Crippen molar-refractivity contribution < 1.29 is 24.2 Å². The summed E-state index contributed by atoms with van der Waals surface area (Å²) in [5.74, 6) is 0.0672. The predicted molar refractivity (Wildman–Crippen MR) is 81.4 cm³/mol. The van der Waals surface area contributed by atoms with Crippen LogP contribution in [0.25, 0.3) is 0 Å². The van der Waals surface area contributed by atoms with E-state index in [4.69, 9.17) is 9.47 Å². The third-order valence-electron chi connectivity index (χ3n) is 4.12. The Balaban J connectivity index is 1.84. The lowest BCUT2D eigenvalue weighted by atomic mass is 9.90. The Bertz CT molecular complexity index is 647. The highest BCUT2D eigenvalue weighted by Gasteiger charge is 2.42. The second kappa shape index (κ2) is 5.46. The first kappa shape index (κ1) is 15.1. The second-order valence-corrected chi connectivity index (χ2v) is 6.68. The number of hydrogen-bond donors (Lipinski definition) is 1. The number of carbonyl (C=O) groups excluding carboxylic acids is 1. The Labute approximate surface area is 136 Å². The first-order valence-corrected chi connectivity index (χ1v) is 7.82. The molecule has 0 radical (unpaired) electrons. The highest BCUT2D eigenvalue weighted by Crippen LogP contribution is 2.39. The monoisotopic (exact) mass is 369 g/mol. The van der Waals surface area contributed by atoms with Crippen molar-refractivity contribution in [2.24, 2.45) is 5.41 Å². The lowest BCUT2D eigenvalue weighted by Gasteiger charge is -2.23. The molecule has 2 aliphatic rings. The molecular formula is C15H16BrNO5. The Hall–Kier alpha value is -1.76. The number of ether oxygens (including phenoxy) is 2. The molecule has 2 aliphatic heterocycles. The number of rotatable bonds is 2. The van der Waals surface area contributed by atoms with E-state index in [0.29, 0.717) is 47.7 Å². The normalized spacial score (nSPS) is 23.5. The number of amides is 1. The molecule has 1 aromatic rings. The third-order valence-corrected chi connectivity index (χ3v) is 4.71. The van der Waals surface area contributed by atoms with Crippen molar-refractivity contribution in [3.8, 4) is 11.5 Å². The number of fused-ring (bicyclic) bond motifs is 1. The van der Waals surface area contributed by atoms with Crippen LogP contribution in [-0.2, 0) is 4.79 Å². The highest BCUT2D eigenvalue weighted by molar-refractivity contribution is 9.10. The molecule has 22 heavy (non-hydrogen) atoms. The third kappa shape index (κ3) is 2.54. The van der Waals surface area contributed by atoms with Crippen LogP contribution in [0.2, 0.25) is 0 Å². The van der Waals surface area contributed by atoms with E-state index in [1.54, 1.807) is 24.0 Å². The fraction of sp³-hybridized carbons (Fsp3) is 0.467. The molecule has 7 heteroatoms. The lowest BCUT2D eigenvalue weighted by Crippen LogP contribution is -2.35. The van der Waals surface area contributed by atoms with Crippen LogP contribution in [0.15, 0.2) is 16.6 Å². The van der Waals surface area contributed by atoms with Gasteiger partial charge in [0.1, 0.15) is 13.2 Å². The maximum atomic E-state index is 12.6. The Morgan fingerprint density at radius 3 is 2.73 bits per heavy atom. The molecule has 0 aromatic heterocycles. The number of carboxylic acids is 1. The average Bonchev–Trinajstić information content (AvgIpc) is 2.90. The summed E-state index contributed by atoms with van der Waals surface area (Å²) in [5.41, 5.74) is -0.411. The molecule has 1 atom stereocenters. The predicted octanol–water partition coefficient (Wildman–Crippen LogP) is 2.16. The van der Waals surface area contributed by atoms with Crippen molar-refractivity contribution in [2.75, 3.05) is 26.3 Å². The van der Waals surface area contributed by atoms with Crippen molar-refractivity contribution >= 4 is 27.8 Å². The van der Waals surface area contributed by atoms with Gasteiger partial charge in [0.25, 0.3) is 5.91 Å². The number of aliphatic carboxylic acids is 1. The first-order valence-electron chi connectivity index (χ1n) is 7.02. The molecule has 1 fully saturated rings. The molecular weight excluding hydrogens is 354 g/mol. The smallest absolute Gasteiger partial charge is 0.311 e. The first-order chi connectivity index (χ1) is 10.4. The summed E-state index contributed by atoms with van der Waals surface area (Å²) in [4.78, 5) is 25.5. The average molecular weight is 370 g/mol. The molecule has 0 saturated carbocycles. The van der Waals surface area contributed by atoms with Crippen LogP contribution in [0.4, 0.5) is 0 Å². The van der Waals surface area contributed by atoms with Gasteiger partial charge in [0, 0.05) is 18.7 Å². The number of hydrogen-bond acceptors (Lipinski definition) is 4.